The smallest absolute Gasteiger partial charge is 0.246 e. The van der Waals surface area contributed by atoms with Gasteiger partial charge in [-0.3, -0.25) is 4.79 Å². The molecule has 4 heteroatoms. The van der Waals surface area contributed by atoms with E-state index in [1.165, 1.54) is 0 Å². The number of hydrogen-bond donors (Lipinski definition) is 0. The fourth-order valence-corrected chi connectivity index (χ4v) is 1.75. The van der Waals surface area contributed by atoms with Crippen LogP contribution in [0.1, 0.15) is 6.92 Å². The van der Waals surface area contributed by atoms with Crippen molar-refractivity contribution in [3.05, 3.63) is 12.2 Å². The van der Waals surface area contributed by atoms with Crippen LogP contribution < -0.4 is 0 Å². The molecule has 1 rings (SSSR count). The summed E-state index contributed by atoms with van der Waals surface area (Å²) in [6, 6.07) is 0. The summed E-state index contributed by atoms with van der Waals surface area (Å²) in [6.07, 6.45) is 3.62. The van der Waals surface area contributed by atoms with Crippen molar-refractivity contribution in [2.45, 2.75) is 6.92 Å². The van der Waals surface area contributed by atoms with Gasteiger partial charge in [0, 0.05) is 38.8 Å². The Labute approximate surface area is 98.5 Å². The Kier molecular flexibility index (Phi) is 5.49. The summed E-state index contributed by atoms with van der Waals surface area (Å²) in [4.78, 5) is 18.1. The second kappa shape index (κ2) is 6.66. The summed E-state index contributed by atoms with van der Waals surface area (Å²) in [6.45, 7) is 7.79. The molecule has 0 aliphatic carbocycles. The van der Waals surface area contributed by atoms with Crippen molar-refractivity contribution in [3.63, 3.8) is 0 Å². The first kappa shape index (κ1) is 13.2. The van der Waals surface area contributed by atoms with Gasteiger partial charge in [0.05, 0.1) is 0 Å². The lowest BCUT2D eigenvalue weighted by atomic mass is 10.3. The zero-order valence-electron chi connectivity index (χ0n) is 10.6. The minimum atomic E-state index is 0.151. The number of likely N-dealkylation sites (N-methyl/N-ethyl adjacent to an activating group) is 2. The van der Waals surface area contributed by atoms with Crippen LogP contribution in [0.15, 0.2) is 12.2 Å². The Morgan fingerprint density at radius 1 is 1.25 bits per heavy atom. The summed E-state index contributed by atoms with van der Waals surface area (Å²) in [5.74, 6) is 0.151. The van der Waals surface area contributed by atoms with Crippen molar-refractivity contribution >= 4 is 5.91 Å². The van der Waals surface area contributed by atoms with E-state index < -0.39 is 0 Å². The van der Waals surface area contributed by atoms with Gasteiger partial charge in [-0.1, -0.05) is 13.0 Å². The highest BCUT2D eigenvalue weighted by molar-refractivity contribution is 5.87. The molecule has 0 radical (unpaired) electrons. The van der Waals surface area contributed by atoms with Crippen LogP contribution in [-0.2, 0) is 4.79 Å². The van der Waals surface area contributed by atoms with Gasteiger partial charge < -0.3 is 14.7 Å². The molecule has 0 unspecified atom stereocenters. The summed E-state index contributed by atoms with van der Waals surface area (Å²) in [7, 11) is 3.99. The van der Waals surface area contributed by atoms with E-state index in [1.807, 2.05) is 30.0 Å². The van der Waals surface area contributed by atoms with Crippen LogP contribution in [0, 0.1) is 0 Å². The maximum absolute atomic E-state index is 11.8. The minimum absolute atomic E-state index is 0.151. The zero-order chi connectivity index (χ0) is 12.0. The van der Waals surface area contributed by atoms with Crippen molar-refractivity contribution in [2.24, 2.45) is 0 Å². The normalized spacial score (nSPS) is 18.6. The predicted octanol–water partition coefficient (Wildman–Crippen LogP) is 0.268. The summed E-state index contributed by atoms with van der Waals surface area (Å²) in [5, 5.41) is 0. The van der Waals surface area contributed by atoms with E-state index in [2.05, 4.69) is 11.8 Å². The van der Waals surface area contributed by atoms with Crippen LogP contribution in [-0.4, -0.2) is 74.0 Å². The predicted molar refractivity (Wildman–Crippen MR) is 66.4 cm³/mol. The Morgan fingerprint density at radius 2 is 1.88 bits per heavy atom. The Bertz CT molecular complexity index is 243. The highest BCUT2D eigenvalue weighted by Gasteiger charge is 2.17. The maximum Gasteiger partial charge on any atom is 0.246 e. The molecular formula is C12H23N3O. The van der Waals surface area contributed by atoms with E-state index in [1.54, 1.807) is 6.08 Å². The number of rotatable bonds is 4. The van der Waals surface area contributed by atoms with Gasteiger partial charge in [0.25, 0.3) is 0 Å². The number of amides is 1. The molecule has 1 fully saturated rings. The third-order valence-corrected chi connectivity index (χ3v) is 2.86. The molecule has 0 saturated carbocycles. The fourth-order valence-electron chi connectivity index (χ4n) is 1.75. The van der Waals surface area contributed by atoms with Crippen molar-refractivity contribution in [2.75, 3.05) is 53.4 Å². The molecule has 1 heterocycles. The van der Waals surface area contributed by atoms with Crippen LogP contribution in [0.3, 0.4) is 0 Å². The van der Waals surface area contributed by atoms with Gasteiger partial charge in [-0.25, -0.2) is 0 Å². The Balaban J connectivity index is 2.30. The van der Waals surface area contributed by atoms with Crippen molar-refractivity contribution in [1.29, 1.82) is 0 Å². The lowest BCUT2D eigenvalue weighted by molar-refractivity contribution is -0.127. The van der Waals surface area contributed by atoms with Crippen LogP contribution >= 0.6 is 0 Å². The molecule has 0 aromatic carbocycles. The van der Waals surface area contributed by atoms with E-state index >= 15 is 0 Å². The first-order valence-electron chi connectivity index (χ1n) is 5.96. The molecular weight excluding hydrogens is 202 g/mol. The van der Waals surface area contributed by atoms with E-state index in [-0.39, 0.29) is 5.91 Å². The van der Waals surface area contributed by atoms with Gasteiger partial charge >= 0.3 is 0 Å². The van der Waals surface area contributed by atoms with E-state index in [9.17, 15) is 4.79 Å². The van der Waals surface area contributed by atoms with Crippen molar-refractivity contribution in [3.8, 4) is 0 Å². The number of piperazine rings is 1. The molecule has 4 nitrogen and oxygen atoms in total. The third kappa shape index (κ3) is 4.33. The zero-order valence-corrected chi connectivity index (χ0v) is 10.6. The molecule has 1 aliphatic rings. The quantitative estimate of drug-likeness (QED) is 0.643. The number of hydrogen-bond acceptors (Lipinski definition) is 3. The van der Waals surface area contributed by atoms with Crippen LogP contribution in [0.5, 0.6) is 0 Å². The summed E-state index contributed by atoms with van der Waals surface area (Å²) in [5.41, 5.74) is 0. The van der Waals surface area contributed by atoms with E-state index in [0.29, 0.717) is 0 Å². The molecule has 0 N–H and O–H groups in total. The average Bonchev–Trinajstić information content (AvgIpc) is 2.28. The molecule has 0 aromatic rings. The van der Waals surface area contributed by atoms with Gasteiger partial charge in [0.15, 0.2) is 0 Å². The standard InChI is InChI=1S/C12H23N3O/c1-4-14-8-10-15(11-9-14)12(16)6-5-7-13(2)3/h5-6H,4,7-11H2,1-3H3/b6-5+. The molecule has 1 aliphatic heterocycles. The summed E-state index contributed by atoms with van der Waals surface area (Å²) >= 11 is 0. The molecule has 1 saturated heterocycles. The highest BCUT2D eigenvalue weighted by atomic mass is 16.2. The van der Waals surface area contributed by atoms with Gasteiger partial charge in [-0.2, -0.15) is 0 Å². The summed E-state index contributed by atoms with van der Waals surface area (Å²) < 4.78 is 0. The molecule has 1 amide bonds. The average molecular weight is 225 g/mol. The monoisotopic (exact) mass is 225 g/mol. The number of carbonyl (C=O) groups excluding carboxylic acids is 1. The van der Waals surface area contributed by atoms with Crippen LogP contribution in [0.4, 0.5) is 0 Å². The largest absolute Gasteiger partial charge is 0.337 e. The second-order valence-electron chi connectivity index (χ2n) is 4.42. The van der Waals surface area contributed by atoms with Crippen molar-refractivity contribution < 1.29 is 4.79 Å². The first-order chi connectivity index (χ1) is 7.63. The fraction of sp³-hybridized carbons (Fsp3) is 0.750. The molecule has 0 bridgehead atoms. The van der Waals surface area contributed by atoms with Crippen LogP contribution in [0.2, 0.25) is 0 Å². The van der Waals surface area contributed by atoms with Crippen molar-refractivity contribution in [1.82, 2.24) is 14.7 Å². The second-order valence-corrected chi connectivity index (χ2v) is 4.42. The first-order valence-corrected chi connectivity index (χ1v) is 5.96. The molecule has 92 valence electrons. The third-order valence-electron chi connectivity index (χ3n) is 2.86. The van der Waals surface area contributed by atoms with Gasteiger partial charge in [-0.15, -0.1) is 0 Å². The Hall–Kier alpha value is -0.870. The number of carbonyl (C=O) groups is 1. The topological polar surface area (TPSA) is 26.8 Å². The lowest BCUT2D eigenvalue weighted by Crippen LogP contribution is -2.48. The van der Waals surface area contributed by atoms with Crippen LogP contribution in [0.25, 0.3) is 0 Å². The minimum Gasteiger partial charge on any atom is -0.337 e. The SMILES string of the molecule is CCN1CCN(C(=O)/C=C/CN(C)C)CC1. The Morgan fingerprint density at radius 3 is 2.38 bits per heavy atom. The molecule has 0 atom stereocenters. The highest BCUT2D eigenvalue weighted by Crippen LogP contribution is 2.02. The van der Waals surface area contributed by atoms with Gasteiger partial charge in [0.1, 0.15) is 0 Å². The molecule has 0 spiro atoms. The molecule has 0 aromatic heterocycles. The molecule has 16 heavy (non-hydrogen) atoms. The van der Waals surface area contributed by atoms with Gasteiger partial charge in [0.2, 0.25) is 5.91 Å². The van der Waals surface area contributed by atoms with E-state index in [4.69, 9.17) is 0 Å². The number of nitrogens with zero attached hydrogens (tertiary/aromatic N) is 3. The van der Waals surface area contributed by atoms with E-state index in [0.717, 1.165) is 39.3 Å². The lowest BCUT2D eigenvalue weighted by Gasteiger charge is -2.33. The van der Waals surface area contributed by atoms with Gasteiger partial charge in [-0.05, 0) is 20.6 Å². The maximum atomic E-state index is 11.8.